The molecule has 19 heavy (non-hydrogen) atoms. The highest BCUT2D eigenvalue weighted by atomic mass is 16.9. The first-order valence-electron chi connectivity index (χ1n) is 6.53. The highest BCUT2D eigenvalue weighted by Crippen LogP contribution is 2.27. The molecule has 0 heterocycles. The Morgan fingerprint density at radius 2 is 1.47 bits per heavy atom. The van der Waals surface area contributed by atoms with Crippen LogP contribution in [0.2, 0.25) is 0 Å². The van der Waals surface area contributed by atoms with Crippen molar-refractivity contribution in [3.8, 4) is 0 Å². The summed E-state index contributed by atoms with van der Waals surface area (Å²) in [5, 5.41) is 0. The Morgan fingerprint density at radius 1 is 0.947 bits per heavy atom. The summed E-state index contributed by atoms with van der Waals surface area (Å²) in [7, 11) is 4.78. The largest absolute Gasteiger partial charge is 0.331 e. The minimum atomic E-state index is -1.01. The Balaban J connectivity index is 3.13. The van der Waals surface area contributed by atoms with Crippen molar-refractivity contribution >= 4 is 0 Å². The summed E-state index contributed by atoms with van der Waals surface area (Å²) >= 11 is 0. The molecule has 0 fully saturated rings. The van der Waals surface area contributed by atoms with E-state index in [4.69, 9.17) is 14.2 Å². The highest BCUT2D eigenvalue weighted by Gasteiger charge is 2.31. The van der Waals surface area contributed by atoms with Crippen LogP contribution in [-0.2, 0) is 26.0 Å². The standard InChI is InChI=1S/C16H26O3/c1-12-8-9-14(15(2,3)4)10-13(12)11-16(17-5,18-6)19-7/h8-10H,11H2,1-7H3. The molecule has 0 N–H and O–H groups in total. The van der Waals surface area contributed by atoms with Crippen molar-refractivity contribution < 1.29 is 14.2 Å². The fourth-order valence-corrected chi connectivity index (χ4v) is 2.03. The maximum absolute atomic E-state index is 5.38. The molecule has 0 radical (unpaired) electrons. The molecule has 1 rings (SSSR count). The molecule has 0 spiro atoms. The Morgan fingerprint density at radius 3 is 1.89 bits per heavy atom. The number of rotatable bonds is 5. The number of ether oxygens (including phenoxy) is 3. The summed E-state index contributed by atoms with van der Waals surface area (Å²) in [5.41, 5.74) is 3.81. The zero-order valence-electron chi connectivity index (χ0n) is 13.2. The summed E-state index contributed by atoms with van der Waals surface area (Å²) in [5.74, 6) is -1.01. The average molecular weight is 266 g/mol. The van der Waals surface area contributed by atoms with Gasteiger partial charge in [-0.1, -0.05) is 39.0 Å². The number of benzene rings is 1. The molecule has 3 nitrogen and oxygen atoms in total. The quantitative estimate of drug-likeness (QED) is 0.764. The first-order chi connectivity index (χ1) is 8.78. The Labute approximate surface area is 116 Å². The number of methoxy groups -OCH3 is 3. The highest BCUT2D eigenvalue weighted by molar-refractivity contribution is 5.35. The second-order valence-electron chi connectivity index (χ2n) is 5.86. The van der Waals surface area contributed by atoms with Crippen molar-refractivity contribution in [2.45, 2.75) is 45.5 Å². The molecule has 0 aromatic heterocycles. The van der Waals surface area contributed by atoms with E-state index in [9.17, 15) is 0 Å². The lowest BCUT2D eigenvalue weighted by atomic mass is 9.85. The van der Waals surface area contributed by atoms with Crippen molar-refractivity contribution in [3.05, 3.63) is 34.9 Å². The second kappa shape index (κ2) is 6.04. The van der Waals surface area contributed by atoms with E-state index in [2.05, 4.69) is 45.9 Å². The van der Waals surface area contributed by atoms with Gasteiger partial charge in [-0.05, 0) is 29.0 Å². The van der Waals surface area contributed by atoms with Gasteiger partial charge in [-0.2, -0.15) is 0 Å². The van der Waals surface area contributed by atoms with Gasteiger partial charge in [0.05, 0.1) is 6.42 Å². The molecule has 0 amide bonds. The third-order valence-electron chi connectivity index (χ3n) is 3.56. The van der Waals surface area contributed by atoms with Gasteiger partial charge in [0.1, 0.15) is 0 Å². The molecule has 108 valence electrons. The van der Waals surface area contributed by atoms with E-state index in [0.29, 0.717) is 6.42 Å². The Kier molecular flexibility index (Phi) is 5.13. The van der Waals surface area contributed by atoms with Gasteiger partial charge in [0.2, 0.25) is 0 Å². The van der Waals surface area contributed by atoms with Gasteiger partial charge in [-0.3, -0.25) is 0 Å². The van der Waals surface area contributed by atoms with Crippen LogP contribution in [0.25, 0.3) is 0 Å². The lowest BCUT2D eigenvalue weighted by Gasteiger charge is -2.30. The van der Waals surface area contributed by atoms with Crippen LogP contribution in [0.1, 0.15) is 37.5 Å². The molecule has 0 bridgehead atoms. The summed E-state index contributed by atoms with van der Waals surface area (Å²) in [6, 6.07) is 6.52. The minimum absolute atomic E-state index is 0.123. The smallest absolute Gasteiger partial charge is 0.286 e. The third kappa shape index (κ3) is 3.78. The first-order valence-corrected chi connectivity index (χ1v) is 6.53. The molecular formula is C16H26O3. The Bertz CT molecular complexity index is 406. The van der Waals surface area contributed by atoms with Crippen LogP contribution in [0, 0.1) is 6.92 Å². The summed E-state index contributed by atoms with van der Waals surface area (Å²) in [4.78, 5) is 0. The van der Waals surface area contributed by atoms with E-state index in [1.165, 1.54) is 16.7 Å². The van der Waals surface area contributed by atoms with Crippen LogP contribution >= 0.6 is 0 Å². The normalized spacial score (nSPS) is 12.8. The number of hydrogen-bond acceptors (Lipinski definition) is 3. The van der Waals surface area contributed by atoms with Gasteiger partial charge < -0.3 is 14.2 Å². The zero-order valence-corrected chi connectivity index (χ0v) is 13.2. The van der Waals surface area contributed by atoms with Gasteiger partial charge in [-0.25, -0.2) is 0 Å². The monoisotopic (exact) mass is 266 g/mol. The predicted molar refractivity (Wildman–Crippen MR) is 77.3 cm³/mol. The molecule has 0 saturated heterocycles. The van der Waals surface area contributed by atoms with Gasteiger partial charge in [0, 0.05) is 21.3 Å². The molecule has 0 aliphatic rings. The molecular weight excluding hydrogens is 240 g/mol. The first kappa shape index (κ1) is 16.2. The molecule has 0 aliphatic carbocycles. The van der Waals surface area contributed by atoms with Gasteiger partial charge >= 0.3 is 0 Å². The summed E-state index contributed by atoms with van der Waals surface area (Å²) < 4.78 is 16.1. The molecule has 1 aromatic carbocycles. The molecule has 0 atom stereocenters. The van der Waals surface area contributed by atoms with Crippen LogP contribution in [0.5, 0.6) is 0 Å². The molecule has 0 unspecified atom stereocenters. The lowest BCUT2D eigenvalue weighted by molar-refractivity contribution is -0.351. The SMILES string of the molecule is COC(Cc1cc(C(C)(C)C)ccc1C)(OC)OC. The molecule has 0 saturated carbocycles. The molecule has 3 heteroatoms. The van der Waals surface area contributed by atoms with E-state index in [0.717, 1.165) is 0 Å². The fourth-order valence-electron chi connectivity index (χ4n) is 2.03. The predicted octanol–water partition coefficient (Wildman–Crippen LogP) is 3.43. The van der Waals surface area contributed by atoms with Crippen LogP contribution < -0.4 is 0 Å². The topological polar surface area (TPSA) is 27.7 Å². The zero-order chi connectivity index (χ0) is 14.7. The maximum Gasteiger partial charge on any atom is 0.286 e. The van der Waals surface area contributed by atoms with Crippen LogP contribution in [0.15, 0.2) is 18.2 Å². The van der Waals surface area contributed by atoms with Gasteiger partial charge in [0.25, 0.3) is 5.97 Å². The van der Waals surface area contributed by atoms with E-state index in [1.54, 1.807) is 21.3 Å². The van der Waals surface area contributed by atoms with Crippen LogP contribution in [0.3, 0.4) is 0 Å². The van der Waals surface area contributed by atoms with E-state index in [1.807, 2.05) is 0 Å². The minimum Gasteiger partial charge on any atom is -0.331 e. The van der Waals surface area contributed by atoms with Crippen molar-refractivity contribution in [2.24, 2.45) is 0 Å². The van der Waals surface area contributed by atoms with Crippen LogP contribution in [0.4, 0.5) is 0 Å². The van der Waals surface area contributed by atoms with Crippen molar-refractivity contribution in [3.63, 3.8) is 0 Å². The van der Waals surface area contributed by atoms with Crippen molar-refractivity contribution in [1.82, 2.24) is 0 Å². The molecule has 1 aromatic rings. The van der Waals surface area contributed by atoms with E-state index >= 15 is 0 Å². The van der Waals surface area contributed by atoms with E-state index in [-0.39, 0.29) is 5.41 Å². The maximum atomic E-state index is 5.38. The number of hydrogen-bond donors (Lipinski definition) is 0. The fraction of sp³-hybridized carbons (Fsp3) is 0.625. The van der Waals surface area contributed by atoms with E-state index < -0.39 is 5.97 Å². The van der Waals surface area contributed by atoms with Crippen molar-refractivity contribution in [2.75, 3.05) is 21.3 Å². The lowest BCUT2D eigenvalue weighted by Crippen LogP contribution is -2.38. The average Bonchev–Trinajstić information content (AvgIpc) is 2.37. The van der Waals surface area contributed by atoms with Gasteiger partial charge in [-0.15, -0.1) is 0 Å². The Hall–Kier alpha value is -0.900. The number of aryl methyl sites for hydroxylation is 1. The molecule has 0 aliphatic heterocycles. The van der Waals surface area contributed by atoms with Crippen LogP contribution in [-0.4, -0.2) is 27.3 Å². The second-order valence-corrected chi connectivity index (χ2v) is 5.86. The van der Waals surface area contributed by atoms with Gasteiger partial charge in [0.15, 0.2) is 0 Å². The third-order valence-corrected chi connectivity index (χ3v) is 3.56. The summed E-state index contributed by atoms with van der Waals surface area (Å²) in [6.07, 6.45) is 0.562. The van der Waals surface area contributed by atoms with Crippen molar-refractivity contribution in [1.29, 1.82) is 0 Å². The summed E-state index contributed by atoms with van der Waals surface area (Å²) in [6.45, 7) is 8.71.